The molecule has 0 atom stereocenters. The van der Waals surface area contributed by atoms with E-state index in [-0.39, 0.29) is 18.5 Å². The Bertz CT molecular complexity index is 1460. The Kier molecular flexibility index (Phi) is 7.03. The van der Waals surface area contributed by atoms with Crippen LogP contribution in [0.5, 0.6) is 0 Å². The molecule has 6 heteroatoms. The first-order valence-electron chi connectivity index (χ1n) is 13.8. The molecule has 6 rings (SSSR count). The first-order valence-corrected chi connectivity index (χ1v) is 13.8. The largest absolute Gasteiger partial charge is 0.352 e. The van der Waals surface area contributed by atoms with Crippen molar-refractivity contribution in [1.82, 2.24) is 19.3 Å². The van der Waals surface area contributed by atoms with Gasteiger partial charge in [-0.05, 0) is 46.9 Å². The van der Waals surface area contributed by atoms with Crippen molar-refractivity contribution in [2.24, 2.45) is 0 Å². The van der Waals surface area contributed by atoms with Crippen molar-refractivity contribution in [2.75, 3.05) is 26.2 Å². The fourth-order valence-corrected chi connectivity index (χ4v) is 6.08. The van der Waals surface area contributed by atoms with Crippen LogP contribution in [0, 0.1) is 0 Å². The number of hydrogen-bond donors (Lipinski definition) is 0. The fraction of sp³-hybridized carbons (Fsp3) is 0.273. The van der Waals surface area contributed by atoms with Gasteiger partial charge >= 0.3 is 6.03 Å². The molecule has 0 saturated carbocycles. The Labute approximate surface area is 229 Å². The predicted molar refractivity (Wildman–Crippen MR) is 155 cm³/mol. The Morgan fingerprint density at radius 2 is 1.49 bits per heavy atom. The van der Waals surface area contributed by atoms with Gasteiger partial charge in [-0.1, -0.05) is 84.9 Å². The molecule has 2 fully saturated rings. The minimum atomic E-state index is -0.778. The molecule has 1 spiro atoms. The lowest BCUT2D eigenvalue weighted by Crippen LogP contribution is -2.57. The molecule has 3 heterocycles. The standard InChI is InChI=1S/C33H34N4O2/c38-31-33(17-22-35(23-18-33)26-29-15-8-14-28-13-4-5-16-30(28)29)37(25-24-34-19-6-7-20-34)32(39)36(31)21-9-12-27-10-2-1-3-11-27/h1-16,19-20H,17-18,21-26H2. The zero-order valence-electron chi connectivity index (χ0n) is 22.2. The summed E-state index contributed by atoms with van der Waals surface area (Å²) in [5.74, 6) is -0.0532. The minimum absolute atomic E-state index is 0.0532. The second-order valence-electron chi connectivity index (χ2n) is 10.5. The lowest BCUT2D eigenvalue weighted by Gasteiger charge is -2.42. The summed E-state index contributed by atoms with van der Waals surface area (Å²) in [5, 5.41) is 2.52. The molecular formula is C33H34N4O2. The molecule has 1 aromatic heterocycles. The van der Waals surface area contributed by atoms with Crippen LogP contribution in [0.25, 0.3) is 16.8 Å². The second-order valence-corrected chi connectivity index (χ2v) is 10.5. The summed E-state index contributed by atoms with van der Waals surface area (Å²) in [5.41, 5.74) is 1.58. The molecule has 0 radical (unpaired) electrons. The number of urea groups is 1. The summed E-state index contributed by atoms with van der Waals surface area (Å²) in [6.07, 6.45) is 9.19. The molecule has 198 valence electrons. The van der Waals surface area contributed by atoms with Crippen LogP contribution < -0.4 is 0 Å². The van der Waals surface area contributed by atoms with E-state index in [1.54, 1.807) is 0 Å². The monoisotopic (exact) mass is 518 g/mol. The zero-order chi connectivity index (χ0) is 26.7. The van der Waals surface area contributed by atoms with Crippen molar-refractivity contribution in [3.8, 4) is 0 Å². The highest BCUT2D eigenvalue weighted by molar-refractivity contribution is 6.07. The van der Waals surface area contributed by atoms with Gasteiger partial charge in [0, 0.05) is 51.7 Å². The number of hydrogen-bond acceptors (Lipinski definition) is 3. The molecule has 39 heavy (non-hydrogen) atoms. The van der Waals surface area contributed by atoms with Crippen molar-refractivity contribution in [3.05, 3.63) is 115 Å². The maximum absolute atomic E-state index is 14.0. The van der Waals surface area contributed by atoms with Crippen LogP contribution in [0.15, 0.2) is 103 Å². The molecule has 2 saturated heterocycles. The van der Waals surface area contributed by atoms with Gasteiger partial charge in [-0.2, -0.15) is 0 Å². The van der Waals surface area contributed by atoms with E-state index >= 15 is 0 Å². The highest BCUT2D eigenvalue weighted by Gasteiger charge is 2.57. The van der Waals surface area contributed by atoms with Crippen molar-refractivity contribution >= 4 is 28.8 Å². The SMILES string of the molecule is O=C1N(CC=Cc2ccccc2)C(=O)C2(CCN(Cc3cccc4ccccc34)CC2)N1CCn1cccc1. The van der Waals surface area contributed by atoms with E-state index in [2.05, 4.69) is 51.9 Å². The topological polar surface area (TPSA) is 48.8 Å². The van der Waals surface area contributed by atoms with E-state index in [0.717, 1.165) is 25.2 Å². The van der Waals surface area contributed by atoms with Gasteiger partial charge in [0.1, 0.15) is 5.54 Å². The molecule has 0 aliphatic carbocycles. The average molecular weight is 519 g/mol. The summed E-state index contributed by atoms with van der Waals surface area (Å²) in [4.78, 5) is 33.4. The van der Waals surface area contributed by atoms with Gasteiger partial charge in [-0.25, -0.2) is 4.79 Å². The van der Waals surface area contributed by atoms with Gasteiger partial charge in [0.25, 0.3) is 5.91 Å². The van der Waals surface area contributed by atoms with E-state index in [1.807, 2.05) is 71.9 Å². The third-order valence-electron chi connectivity index (χ3n) is 8.22. The molecule has 3 aromatic carbocycles. The van der Waals surface area contributed by atoms with E-state index in [1.165, 1.54) is 21.2 Å². The Morgan fingerprint density at radius 3 is 2.28 bits per heavy atom. The van der Waals surface area contributed by atoms with Crippen LogP contribution in [-0.4, -0.2) is 62.9 Å². The smallest absolute Gasteiger partial charge is 0.328 e. The molecule has 3 amide bonds. The van der Waals surface area contributed by atoms with Crippen LogP contribution >= 0.6 is 0 Å². The van der Waals surface area contributed by atoms with E-state index in [0.29, 0.717) is 25.9 Å². The van der Waals surface area contributed by atoms with Crippen LogP contribution in [-0.2, 0) is 17.9 Å². The summed E-state index contributed by atoms with van der Waals surface area (Å²) in [7, 11) is 0. The number of benzene rings is 3. The summed E-state index contributed by atoms with van der Waals surface area (Å²) in [6, 6.07) is 28.7. The van der Waals surface area contributed by atoms with Crippen LogP contribution in [0.1, 0.15) is 24.0 Å². The quantitative estimate of drug-likeness (QED) is 0.283. The number of fused-ring (bicyclic) bond motifs is 1. The second kappa shape index (κ2) is 10.9. The van der Waals surface area contributed by atoms with Crippen LogP contribution in [0.4, 0.5) is 4.79 Å². The summed E-state index contributed by atoms with van der Waals surface area (Å²) < 4.78 is 2.07. The molecule has 0 N–H and O–H groups in total. The maximum Gasteiger partial charge on any atom is 0.328 e. The lowest BCUT2D eigenvalue weighted by atomic mass is 9.85. The molecule has 2 aliphatic heterocycles. The number of amides is 3. The van der Waals surface area contributed by atoms with Crippen LogP contribution in [0.3, 0.4) is 0 Å². The van der Waals surface area contributed by atoms with E-state index in [4.69, 9.17) is 0 Å². The van der Waals surface area contributed by atoms with Gasteiger partial charge < -0.3 is 9.47 Å². The maximum atomic E-state index is 14.0. The number of rotatable bonds is 8. The summed E-state index contributed by atoms with van der Waals surface area (Å²) >= 11 is 0. The zero-order valence-corrected chi connectivity index (χ0v) is 22.2. The number of carbonyl (C=O) groups is 2. The van der Waals surface area contributed by atoms with Gasteiger partial charge in [-0.3, -0.25) is 14.6 Å². The number of carbonyl (C=O) groups excluding carboxylic acids is 2. The van der Waals surface area contributed by atoms with Crippen LogP contribution in [0.2, 0.25) is 0 Å². The molecule has 0 bridgehead atoms. The van der Waals surface area contributed by atoms with E-state index in [9.17, 15) is 9.59 Å². The highest BCUT2D eigenvalue weighted by Crippen LogP contribution is 2.38. The Morgan fingerprint density at radius 1 is 0.769 bits per heavy atom. The van der Waals surface area contributed by atoms with E-state index < -0.39 is 5.54 Å². The molecule has 0 unspecified atom stereocenters. The number of likely N-dealkylation sites (tertiary alicyclic amines) is 1. The first-order chi connectivity index (χ1) is 19.1. The average Bonchev–Trinajstić information content (AvgIpc) is 3.56. The third-order valence-corrected chi connectivity index (χ3v) is 8.22. The van der Waals surface area contributed by atoms with Crippen molar-refractivity contribution in [2.45, 2.75) is 31.5 Å². The molecule has 4 aromatic rings. The number of nitrogens with zero attached hydrogens (tertiary/aromatic N) is 4. The minimum Gasteiger partial charge on any atom is -0.352 e. The number of piperidine rings is 1. The Hall–Kier alpha value is -4.16. The van der Waals surface area contributed by atoms with Gasteiger partial charge in [0.15, 0.2) is 0 Å². The Balaban J connectivity index is 1.20. The van der Waals surface area contributed by atoms with Gasteiger partial charge in [0.2, 0.25) is 0 Å². The highest BCUT2D eigenvalue weighted by atomic mass is 16.2. The molecule has 2 aliphatic rings. The van der Waals surface area contributed by atoms with Crippen molar-refractivity contribution in [1.29, 1.82) is 0 Å². The fourth-order valence-electron chi connectivity index (χ4n) is 6.08. The molecular weight excluding hydrogens is 484 g/mol. The van der Waals surface area contributed by atoms with Gasteiger partial charge in [0.05, 0.1) is 0 Å². The van der Waals surface area contributed by atoms with Crippen molar-refractivity contribution < 1.29 is 9.59 Å². The lowest BCUT2D eigenvalue weighted by molar-refractivity contribution is -0.135. The summed E-state index contributed by atoms with van der Waals surface area (Å²) in [6.45, 7) is 3.86. The first kappa shape index (κ1) is 25.1. The number of aromatic nitrogens is 1. The molecule has 6 nitrogen and oxygen atoms in total. The van der Waals surface area contributed by atoms with Crippen molar-refractivity contribution in [3.63, 3.8) is 0 Å². The third kappa shape index (κ3) is 5.00. The predicted octanol–water partition coefficient (Wildman–Crippen LogP) is 5.65. The van der Waals surface area contributed by atoms with Gasteiger partial charge in [-0.15, -0.1) is 0 Å². The number of imide groups is 1. The normalized spacial score (nSPS) is 17.7.